The number of hydrogen-bond acceptors (Lipinski definition) is 5. The molecule has 0 aliphatic carbocycles. The quantitative estimate of drug-likeness (QED) is 0.892. The average Bonchev–Trinajstić information content (AvgIpc) is 2.93. The first-order chi connectivity index (χ1) is 8.59. The van der Waals surface area contributed by atoms with E-state index in [1.165, 1.54) is 0 Å². The van der Waals surface area contributed by atoms with Gasteiger partial charge in [-0.25, -0.2) is 4.68 Å². The summed E-state index contributed by atoms with van der Waals surface area (Å²) in [6.45, 7) is 4.20. The number of aryl methyl sites for hydroxylation is 2. The van der Waals surface area contributed by atoms with Crippen molar-refractivity contribution < 1.29 is 9.90 Å². The molecule has 0 amide bonds. The van der Waals surface area contributed by atoms with Crippen molar-refractivity contribution in [1.82, 2.24) is 20.2 Å². The normalized spacial score (nSPS) is 12.6. The SMILES string of the molecule is Cc1ccsc1-c1nnnn1CCC(C)C(=O)O. The largest absolute Gasteiger partial charge is 0.481 e. The lowest BCUT2D eigenvalue weighted by atomic mass is 10.1. The van der Waals surface area contributed by atoms with E-state index in [2.05, 4.69) is 15.5 Å². The summed E-state index contributed by atoms with van der Waals surface area (Å²) < 4.78 is 1.66. The van der Waals surface area contributed by atoms with Crippen LogP contribution >= 0.6 is 11.3 Å². The van der Waals surface area contributed by atoms with Gasteiger partial charge in [0, 0.05) is 6.54 Å². The van der Waals surface area contributed by atoms with Gasteiger partial charge in [-0.2, -0.15) is 0 Å². The number of nitrogens with zero attached hydrogens (tertiary/aromatic N) is 4. The highest BCUT2D eigenvalue weighted by atomic mass is 32.1. The minimum absolute atomic E-state index is 0.397. The predicted octanol–water partition coefficient (Wildman–Crippen LogP) is 1.82. The third-order valence-corrected chi connectivity index (χ3v) is 3.80. The molecule has 2 heterocycles. The third kappa shape index (κ3) is 2.56. The Labute approximate surface area is 108 Å². The maximum Gasteiger partial charge on any atom is 0.306 e. The zero-order valence-electron chi connectivity index (χ0n) is 10.2. The molecule has 7 heteroatoms. The van der Waals surface area contributed by atoms with Crippen LogP contribution in [0.5, 0.6) is 0 Å². The molecular weight excluding hydrogens is 252 g/mol. The van der Waals surface area contributed by atoms with Crippen LogP contribution in [-0.2, 0) is 11.3 Å². The second kappa shape index (κ2) is 5.26. The van der Waals surface area contributed by atoms with Gasteiger partial charge in [0.05, 0.1) is 10.8 Å². The van der Waals surface area contributed by atoms with Crippen LogP contribution in [0.25, 0.3) is 10.7 Å². The molecule has 0 saturated heterocycles. The molecule has 2 rings (SSSR count). The number of carbonyl (C=O) groups is 1. The Hall–Kier alpha value is -1.76. The van der Waals surface area contributed by atoms with Crippen LogP contribution in [-0.4, -0.2) is 31.3 Å². The summed E-state index contributed by atoms with van der Waals surface area (Å²) in [6.07, 6.45) is 0.512. The van der Waals surface area contributed by atoms with Crippen molar-refractivity contribution in [2.75, 3.05) is 0 Å². The molecule has 96 valence electrons. The van der Waals surface area contributed by atoms with Crippen molar-refractivity contribution >= 4 is 17.3 Å². The van der Waals surface area contributed by atoms with Gasteiger partial charge in [-0.05, 0) is 40.8 Å². The van der Waals surface area contributed by atoms with E-state index in [-0.39, 0.29) is 0 Å². The summed E-state index contributed by atoms with van der Waals surface area (Å²) in [6, 6.07) is 2.01. The summed E-state index contributed by atoms with van der Waals surface area (Å²) in [5.74, 6) is -0.483. The average molecular weight is 266 g/mol. The van der Waals surface area contributed by atoms with Gasteiger partial charge in [0.1, 0.15) is 0 Å². The monoisotopic (exact) mass is 266 g/mol. The van der Waals surface area contributed by atoms with Crippen molar-refractivity contribution in [1.29, 1.82) is 0 Å². The van der Waals surface area contributed by atoms with Crippen LogP contribution in [0.2, 0.25) is 0 Å². The van der Waals surface area contributed by atoms with Gasteiger partial charge in [-0.15, -0.1) is 16.4 Å². The van der Waals surface area contributed by atoms with Crippen molar-refractivity contribution in [2.24, 2.45) is 5.92 Å². The van der Waals surface area contributed by atoms with E-state index < -0.39 is 11.9 Å². The zero-order valence-corrected chi connectivity index (χ0v) is 11.0. The van der Waals surface area contributed by atoms with E-state index in [4.69, 9.17) is 5.11 Å². The number of carboxylic acid groups (broad SMARTS) is 1. The summed E-state index contributed by atoms with van der Waals surface area (Å²) >= 11 is 1.58. The molecule has 18 heavy (non-hydrogen) atoms. The minimum atomic E-state index is -0.795. The first kappa shape index (κ1) is 12.7. The summed E-state index contributed by atoms with van der Waals surface area (Å²) in [5, 5.41) is 22.4. The number of rotatable bonds is 5. The topological polar surface area (TPSA) is 80.9 Å². The van der Waals surface area contributed by atoms with Crippen LogP contribution in [0.15, 0.2) is 11.4 Å². The fourth-order valence-corrected chi connectivity index (χ4v) is 2.47. The Bertz CT molecular complexity index is 549. The van der Waals surface area contributed by atoms with Crippen molar-refractivity contribution in [3.05, 3.63) is 17.0 Å². The molecule has 6 nitrogen and oxygen atoms in total. The van der Waals surface area contributed by atoms with Gasteiger partial charge in [0.25, 0.3) is 0 Å². The number of aromatic nitrogens is 4. The Morgan fingerprint density at radius 2 is 2.39 bits per heavy atom. The van der Waals surface area contributed by atoms with E-state index in [0.717, 1.165) is 10.4 Å². The summed E-state index contributed by atoms with van der Waals surface area (Å²) in [7, 11) is 0. The maximum absolute atomic E-state index is 10.8. The Morgan fingerprint density at radius 1 is 1.61 bits per heavy atom. The van der Waals surface area contributed by atoms with E-state index >= 15 is 0 Å². The fourth-order valence-electron chi connectivity index (χ4n) is 1.56. The molecule has 0 aliphatic heterocycles. The number of thiophene rings is 1. The molecule has 0 aromatic carbocycles. The lowest BCUT2D eigenvalue weighted by Crippen LogP contribution is -2.13. The van der Waals surface area contributed by atoms with Crippen molar-refractivity contribution in [2.45, 2.75) is 26.8 Å². The van der Waals surface area contributed by atoms with Gasteiger partial charge >= 0.3 is 5.97 Å². The zero-order chi connectivity index (χ0) is 13.1. The molecule has 0 radical (unpaired) electrons. The van der Waals surface area contributed by atoms with E-state index in [1.54, 1.807) is 22.9 Å². The third-order valence-electron chi connectivity index (χ3n) is 2.79. The van der Waals surface area contributed by atoms with E-state index in [9.17, 15) is 4.79 Å². The molecule has 0 aliphatic rings. The van der Waals surface area contributed by atoms with Gasteiger partial charge in [-0.3, -0.25) is 4.79 Å². The van der Waals surface area contributed by atoms with Gasteiger partial charge in [0.2, 0.25) is 0 Å². The lowest BCUT2D eigenvalue weighted by Gasteiger charge is -2.07. The van der Waals surface area contributed by atoms with Gasteiger partial charge in [0.15, 0.2) is 5.82 Å². The summed E-state index contributed by atoms with van der Waals surface area (Å²) in [4.78, 5) is 11.8. The molecule has 2 aromatic rings. The number of carboxylic acids is 1. The molecule has 0 saturated carbocycles. The van der Waals surface area contributed by atoms with E-state index in [1.807, 2.05) is 18.4 Å². The maximum atomic E-state index is 10.8. The first-order valence-electron chi connectivity index (χ1n) is 5.63. The fraction of sp³-hybridized carbons (Fsp3) is 0.455. The molecule has 2 aromatic heterocycles. The molecule has 0 fully saturated rings. The Morgan fingerprint density at radius 3 is 3.00 bits per heavy atom. The van der Waals surface area contributed by atoms with Crippen molar-refractivity contribution in [3.8, 4) is 10.7 Å². The van der Waals surface area contributed by atoms with Crippen molar-refractivity contribution in [3.63, 3.8) is 0 Å². The van der Waals surface area contributed by atoms with Gasteiger partial charge < -0.3 is 5.11 Å². The highest BCUT2D eigenvalue weighted by Gasteiger charge is 2.15. The Kier molecular flexibility index (Phi) is 3.71. The molecule has 1 atom stereocenters. The van der Waals surface area contributed by atoms with Crippen LogP contribution in [0.3, 0.4) is 0 Å². The standard InChI is InChI=1S/C11H14N4O2S/c1-7-4-6-18-9(7)10-12-13-14-15(10)5-3-8(2)11(16)17/h4,6,8H,3,5H2,1-2H3,(H,16,17). The Balaban J connectivity index is 2.14. The second-order valence-electron chi connectivity index (χ2n) is 4.19. The molecule has 1 unspecified atom stereocenters. The second-order valence-corrected chi connectivity index (χ2v) is 5.10. The lowest BCUT2D eigenvalue weighted by molar-refractivity contribution is -0.141. The highest BCUT2D eigenvalue weighted by Crippen LogP contribution is 2.26. The molecule has 0 spiro atoms. The van der Waals surface area contributed by atoms with Gasteiger partial charge in [-0.1, -0.05) is 6.92 Å². The number of tetrazole rings is 1. The summed E-state index contributed by atoms with van der Waals surface area (Å²) in [5.41, 5.74) is 1.13. The predicted molar refractivity (Wildman–Crippen MR) is 67.3 cm³/mol. The van der Waals surface area contributed by atoms with Crippen LogP contribution in [0.4, 0.5) is 0 Å². The molecule has 1 N–H and O–H groups in total. The highest BCUT2D eigenvalue weighted by molar-refractivity contribution is 7.13. The number of aliphatic carboxylic acids is 1. The molecule has 0 bridgehead atoms. The van der Waals surface area contributed by atoms with E-state index in [0.29, 0.717) is 18.8 Å². The van der Waals surface area contributed by atoms with Crippen LogP contribution in [0.1, 0.15) is 18.9 Å². The molecular formula is C11H14N4O2S. The van der Waals surface area contributed by atoms with Crippen LogP contribution < -0.4 is 0 Å². The van der Waals surface area contributed by atoms with Crippen LogP contribution in [0, 0.1) is 12.8 Å². The number of hydrogen-bond donors (Lipinski definition) is 1. The smallest absolute Gasteiger partial charge is 0.306 e. The first-order valence-corrected chi connectivity index (χ1v) is 6.51. The minimum Gasteiger partial charge on any atom is -0.481 e.